The Morgan fingerprint density at radius 2 is 2.29 bits per heavy atom. The number of fused-ring (bicyclic) bond motifs is 3. The summed E-state index contributed by atoms with van der Waals surface area (Å²) in [6.07, 6.45) is 9.18. The van der Waals surface area contributed by atoms with Crippen LogP contribution in [0.2, 0.25) is 0 Å². The van der Waals surface area contributed by atoms with Gasteiger partial charge >= 0.3 is 0 Å². The molecule has 104 valence electrons. The van der Waals surface area contributed by atoms with Crippen LogP contribution < -0.4 is 0 Å². The molecule has 0 radical (unpaired) electrons. The highest BCUT2D eigenvalue weighted by Gasteiger charge is 2.34. The molecule has 0 spiro atoms. The van der Waals surface area contributed by atoms with Crippen LogP contribution in [0.3, 0.4) is 0 Å². The molecule has 1 aromatic heterocycles. The molecule has 0 saturated heterocycles. The van der Waals surface area contributed by atoms with Gasteiger partial charge in [0.2, 0.25) is 0 Å². The van der Waals surface area contributed by atoms with Crippen LogP contribution in [-0.2, 0) is 0 Å². The first-order chi connectivity index (χ1) is 10.2. The average Bonchev–Trinajstić information content (AvgIpc) is 3.18. The SMILES string of the molecule is Cc1ccc2nc(/C(C#N)=C\[C@H]3C[C@H]4C=C[C@@H]3C4)[nH]c2c1. The van der Waals surface area contributed by atoms with Crippen LogP contribution in [0.1, 0.15) is 24.2 Å². The maximum absolute atomic E-state index is 9.49. The second-order valence-corrected chi connectivity index (χ2v) is 6.24. The number of aryl methyl sites for hydroxylation is 1. The summed E-state index contributed by atoms with van der Waals surface area (Å²) >= 11 is 0. The van der Waals surface area contributed by atoms with Gasteiger partial charge in [-0.3, -0.25) is 0 Å². The van der Waals surface area contributed by atoms with E-state index >= 15 is 0 Å². The molecule has 3 atom stereocenters. The van der Waals surface area contributed by atoms with Gasteiger partial charge in [0.15, 0.2) is 0 Å². The third kappa shape index (κ3) is 2.08. The first-order valence-corrected chi connectivity index (χ1v) is 7.50. The van der Waals surface area contributed by atoms with Gasteiger partial charge in [-0.1, -0.05) is 24.3 Å². The minimum Gasteiger partial charge on any atom is -0.337 e. The summed E-state index contributed by atoms with van der Waals surface area (Å²) in [5.41, 5.74) is 3.79. The van der Waals surface area contributed by atoms with Crippen LogP contribution in [-0.4, -0.2) is 9.97 Å². The Morgan fingerprint density at radius 3 is 3.00 bits per heavy atom. The molecule has 1 fully saturated rings. The Bertz CT molecular complexity index is 803. The van der Waals surface area contributed by atoms with Crippen LogP contribution in [0, 0.1) is 36.0 Å². The van der Waals surface area contributed by atoms with Crippen LogP contribution in [0.15, 0.2) is 36.4 Å². The molecule has 1 aromatic carbocycles. The number of nitrogens with zero attached hydrogens (tertiary/aromatic N) is 2. The van der Waals surface area contributed by atoms with Gasteiger partial charge < -0.3 is 4.98 Å². The Labute approximate surface area is 124 Å². The lowest BCUT2D eigenvalue weighted by atomic mass is 9.91. The molecule has 2 bridgehead atoms. The quantitative estimate of drug-likeness (QED) is 0.665. The van der Waals surface area contributed by atoms with Crippen molar-refractivity contribution < 1.29 is 0 Å². The van der Waals surface area contributed by atoms with Crippen LogP contribution >= 0.6 is 0 Å². The summed E-state index contributed by atoms with van der Waals surface area (Å²) in [5, 5.41) is 9.49. The van der Waals surface area contributed by atoms with Gasteiger partial charge in [0, 0.05) is 0 Å². The number of benzene rings is 1. The van der Waals surface area contributed by atoms with E-state index in [4.69, 9.17) is 0 Å². The van der Waals surface area contributed by atoms with E-state index in [2.05, 4.69) is 47.3 Å². The maximum atomic E-state index is 9.49. The van der Waals surface area contributed by atoms with Gasteiger partial charge in [-0.25, -0.2) is 4.98 Å². The average molecular weight is 275 g/mol. The molecule has 2 aliphatic rings. The molecule has 0 amide bonds. The molecular formula is C18H17N3. The Kier molecular flexibility index (Phi) is 2.71. The van der Waals surface area contributed by atoms with Gasteiger partial charge in [0.05, 0.1) is 16.6 Å². The van der Waals surface area contributed by atoms with Crippen molar-refractivity contribution in [3.8, 4) is 6.07 Å². The molecule has 0 aliphatic heterocycles. The smallest absolute Gasteiger partial charge is 0.148 e. The van der Waals surface area contributed by atoms with E-state index in [1.807, 2.05) is 12.1 Å². The zero-order valence-corrected chi connectivity index (χ0v) is 12.0. The standard InChI is InChI=1S/C18H17N3/c1-11-2-5-16-17(6-11)21-18(20-16)15(10-19)9-14-8-12-3-4-13(14)7-12/h2-6,9,12-14H,7-8H2,1H3,(H,20,21)/b15-9-/t12-,13+,14+/m0/s1. The number of aromatic nitrogens is 2. The summed E-state index contributed by atoms with van der Waals surface area (Å²) in [4.78, 5) is 7.85. The molecule has 3 heteroatoms. The molecule has 1 heterocycles. The number of hydrogen-bond donors (Lipinski definition) is 1. The number of rotatable bonds is 2. The molecule has 3 nitrogen and oxygen atoms in total. The minimum atomic E-state index is 0.490. The number of H-pyrrole nitrogens is 1. The van der Waals surface area contributed by atoms with Crippen molar-refractivity contribution >= 4 is 16.6 Å². The number of allylic oxidation sites excluding steroid dienone is 4. The van der Waals surface area contributed by atoms with Crippen molar-refractivity contribution in [2.45, 2.75) is 19.8 Å². The second kappa shape index (κ2) is 4.60. The number of imidazole rings is 1. The van der Waals surface area contributed by atoms with Crippen molar-refractivity contribution in [1.82, 2.24) is 9.97 Å². The lowest BCUT2D eigenvalue weighted by Crippen LogP contribution is -2.04. The van der Waals surface area contributed by atoms with Crippen LogP contribution in [0.5, 0.6) is 0 Å². The fraction of sp³-hybridized carbons (Fsp3) is 0.333. The van der Waals surface area contributed by atoms with Gasteiger partial charge in [-0.15, -0.1) is 0 Å². The van der Waals surface area contributed by atoms with Crippen molar-refractivity contribution in [2.75, 3.05) is 0 Å². The fourth-order valence-corrected chi connectivity index (χ4v) is 3.65. The minimum absolute atomic E-state index is 0.490. The third-order valence-corrected chi connectivity index (χ3v) is 4.72. The summed E-state index contributed by atoms with van der Waals surface area (Å²) < 4.78 is 0. The number of aromatic amines is 1. The number of hydrogen-bond acceptors (Lipinski definition) is 2. The van der Waals surface area contributed by atoms with Crippen LogP contribution in [0.4, 0.5) is 0 Å². The monoisotopic (exact) mass is 275 g/mol. The number of nitrogens with one attached hydrogen (secondary N) is 1. The summed E-state index contributed by atoms with van der Waals surface area (Å²) in [6, 6.07) is 8.44. The summed E-state index contributed by atoms with van der Waals surface area (Å²) in [6.45, 7) is 2.06. The van der Waals surface area contributed by atoms with Crippen LogP contribution in [0.25, 0.3) is 16.6 Å². The zero-order valence-electron chi connectivity index (χ0n) is 12.0. The van der Waals surface area contributed by atoms with E-state index in [0.29, 0.717) is 23.2 Å². The lowest BCUT2D eigenvalue weighted by molar-refractivity contribution is 0.551. The molecule has 21 heavy (non-hydrogen) atoms. The molecule has 1 N–H and O–H groups in total. The fourth-order valence-electron chi connectivity index (χ4n) is 3.65. The van der Waals surface area contributed by atoms with Crippen molar-refractivity contribution in [1.29, 1.82) is 5.26 Å². The molecular weight excluding hydrogens is 258 g/mol. The van der Waals surface area contributed by atoms with E-state index in [0.717, 1.165) is 17.0 Å². The lowest BCUT2D eigenvalue weighted by Gasteiger charge is -2.13. The molecule has 0 unspecified atom stereocenters. The highest BCUT2D eigenvalue weighted by atomic mass is 14.9. The Morgan fingerprint density at radius 1 is 1.38 bits per heavy atom. The molecule has 2 aliphatic carbocycles. The topological polar surface area (TPSA) is 52.5 Å². The second-order valence-electron chi connectivity index (χ2n) is 6.24. The van der Waals surface area contributed by atoms with Crippen molar-refractivity contribution in [3.63, 3.8) is 0 Å². The largest absolute Gasteiger partial charge is 0.337 e. The van der Waals surface area contributed by atoms with E-state index in [1.54, 1.807) is 0 Å². The van der Waals surface area contributed by atoms with Gasteiger partial charge in [0.25, 0.3) is 0 Å². The first kappa shape index (κ1) is 12.4. The summed E-state index contributed by atoms with van der Waals surface area (Å²) in [7, 11) is 0. The van der Waals surface area contributed by atoms with Crippen molar-refractivity contribution in [2.24, 2.45) is 17.8 Å². The Hall–Kier alpha value is -2.34. The normalized spacial score (nSPS) is 27.4. The molecule has 2 aromatic rings. The number of nitriles is 1. The van der Waals surface area contributed by atoms with Gasteiger partial charge in [-0.05, 0) is 55.2 Å². The van der Waals surface area contributed by atoms with E-state index in [9.17, 15) is 5.26 Å². The van der Waals surface area contributed by atoms with Crippen molar-refractivity contribution in [3.05, 3.63) is 47.8 Å². The zero-order chi connectivity index (χ0) is 14.4. The molecule has 4 rings (SSSR count). The maximum Gasteiger partial charge on any atom is 0.148 e. The van der Waals surface area contributed by atoms with E-state index in [-0.39, 0.29) is 0 Å². The third-order valence-electron chi connectivity index (χ3n) is 4.72. The predicted molar refractivity (Wildman–Crippen MR) is 83.3 cm³/mol. The predicted octanol–water partition coefficient (Wildman–Crippen LogP) is 3.99. The first-order valence-electron chi connectivity index (χ1n) is 7.50. The van der Waals surface area contributed by atoms with Gasteiger partial charge in [-0.2, -0.15) is 5.26 Å². The van der Waals surface area contributed by atoms with Gasteiger partial charge in [0.1, 0.15) is 11.9 Å². The highest BCUT2D eigenvalue weighted by molar-refractivity contribution is 5.82. The Balaban J connectivity index is 1.71. The molecule has 1 saturated carbocycles. The van der Waals surface area contributed by atoms with E-state index < -0.39 is 0 Å². The highest BCUT2D eigenvalue weighted by Crippen LogP contribution is 2.44. The summed E-state index contributed by atoms with van der Waals surface area (Å²) in [5.74, 6) is 2.52. The van der Waals surface area contributed by atoms with E-state index in [1.165, 1.54) is 18.4 Å².